The first-order chi connectivity index (χ1) is 13.8. The molecule has 0 radical (unpaired) electrons. The number of imidazole rings is 1. The van der Waals surface area contributed by atoms with Crippen LogP contribution in [-0.2, 0) is 16.6 Å². The standard InChI is InChI=1S/C19H19N5O4S/c1-21-29(27,28)15-9-7-14(8-10-15)19(26)23-18-16(17(20)25)24(12-22-18)11-13-5-3-2-4-6-13/h2-10,12,21H,11H2,1H3,(H2,20,25)(H,23,26). The van der Waals surface area contributed by atoms with Gasteiger partial charge in [0.2, 0.25) is 10.0 Å². The highest BCUT2D eigenvalue weighted by atomic mass is 32.2. The lowest BCUT2D eigenvalue weighted by Gasteiger charge is -2.09. The van der Waals surface area contributed by atoms with Gasteiger partial charge < -0.3 is 15.6 Å². The quantitative estimate of drug-likeness (QED) is 0.534. The van der Waals surface area contributed by atoms with Gasteiger partial charge in [0.05, 0.1) is 11.2 Å². The predicted octanol–water partition coefficient (Wildman–Crippen LogP) is 1.19. The van der Waals surface area contributed by atoms with Crippen LogP contribution in [0.25, 0.3) is 0 Å². The van der Waals surface area contributed by atoms with E-state index in [4.69, 9.17) is 5.73 Å². The first-order valence-electron chi connectivity index (χ1n) is 8.55. The number of benzene rings is 2. The molecule has 0 fully saturated rings. The molecule has 1 heterocycles. The lowest BCUT2D eigenvalue weighted by atomic mass is 10.2. The summed E-state index contributed by atoms with van der Waals surface area (Å²) in [5.74, 6) is -1.25. The summed E-state index contributed by atoms with van der Waals surface area (Å²) in [7, 11) is -2.30. The van der Waals surface area contributed by atoms with E-state index in [9.17, 15) is 18.0 Å². The van der Waals surface area contributed by atoms with Crippen LogP contribution < -0.4 is 15.8 Å². The number of carbonyl (C=O) groups is 2. The molecule has 0 aliphatic heterocycles. The molecule has 0 unspecified atom stereocenters. The molecule has 1 aromatic heterocycles. The average molecular weight is 413 g/mol. The highest BCUT2D eigenvalue weighted by molar-refractivity contribution is 7.89. The molecule has 3 rings (SSSR count). The topological polar surface area (TPSA) is 136 Å². The highest BCUT2D eigenvalue weighted by Gasteiger charge is 2.20. The Morgan fingerprint density at radius 1 is 1.07 bits per heavy atom. The number of carbonyl (C=O) groups excluding carboxylic acids is 2. The Labute approximate surface area is 167 Å². The van der Waals surface area contributed by atoms with Crippen LogP contribution in [0.3, 0.4) is 0 Å². The molecule has 4 N–H and O–H groups in total. The van der Waals surface area contributed by atoms with Crippen LogP contribution in [0.4, 0.5) is 5.82 Å². The van der Waals surface area contributed by atoms with Crippen molar-refractivity contribution in [1.29, 1.82) is 0 Å². The Bertz CT molecular complexity index is 1140. The van der Waals surface area contributed by atoms with Crippen molar-refractivity contribution in [3.05, 3.63) is 77.7 Å². The highest BCUT2D eigenvalue weighted by Crippen LogP contribution is 2.17. The summed E-state index contributed by atoms with van der Waals surface area (Å²) >= 11 is 0. The fourth-order valence-corrected chi connectivity index (χ4v) is 3.45. The van der Waals surface area contributed by atoms with Crippen molar-refractivity contribution >= 4 is 27.7 Å². The van der Waals surface area contributed by atoms with Gasteiger partial charge in [0, 0.05) is 12.1 Å². The minimum atomic E-state index is -3.60. The van der Waals surface area contributed by atoms with Gasteiger partial charge in [0.15, 0.2) is 11.5 Å². The van der Waals surface area contributed by atoms with Gasteiger partial charge in [-0.05, 0) is 36.9 Å². The van der Waals surface area contributed by atoms with E-state index in [0.29, 0.717) is 6.54 Å². The summed E-state index contributed by atoms with van der Waals surface area (Å²) in [6, 6.07) is 14.8. The maximum absolute atomic E-state index is 12.5. The number of amides is 2. The second kappa shape index (κ2) is 8.25. The molecule has 0 bridgehead atoms. The number of hydrogen-bond donors (Lipinski definition) is 3. The molecule has 2 aromatic carbocycles. The number of sulfonamides is 1. The van der Waals surface area contributed by atoms with E-state index in [-0.39, 0.29) is 22.0 Å². The molecular weight excluding hydrogens is 394 g/mol. The third-order valence-corrected chi connectivity index (χ3v) is 5.62. The Morgan fingerprint density at radius 2 is 1.72 bits per heavy atom. The molecule has 150 valence electrons. The summed E-state index contributed by atoms with van der Waals surface area (Å²) in [5.41, 5.74) is 6.69. The Kier molecular flexibility index (Phi) is 5.76. The van der Waals surface area contributed by atoms with Crippen molar-refractivity contribution in [1.82, 2.24) is 14.3 Å². The first kappa shape index (κ1) is 20.2. The van der Waals surface area contributed by atoms with Crippen LogP contribution in [0, 0.1) is 0 Å². The average Bonchev–Trinajstić information content (AvgIpc) is 3.11. The predicted molar refractivity (Wildman–Crippen MR) is 107 cm³/mol. The zero-order chi connectivity index (χ0) is 21.0. The van der Waals surface area contributed by atoms with Crippen molar-refractivity contribution in [3.63, 3.8) is 0 Å². The van der Waals surface area contributed by atoms with Crippen molar-refractivity contribution in [3.8, 4) is 0 Å². The van der Waals surface area contributed by atoms with Gasteiger partial charge in [0.25, 0.3) is 11.8 Å². The first-order valence-corrected chi connectivity index (χ1v) is 10.0. The number of nitrogens with one attached hydrogen (secondary N) is 2. The molecule has 0 spiro atoms. The SMILES string of the molecule is CNS(=O)(=O)c1ccc(C(=O)Nc2ncn(Cc3ccccc3)c2C(N)=O)cc1. The van der Waals surface area contributed by atoms with E-state index >= 15 is 0 Å². The molecule has 3 aromatic rings. The molecule has 0 saturated heterocycles. The normalized spacial score (nSPS) is 11.2. The monoisotopic (exact) mass is 413 g/mol. The fourth-order valence-electron chi connectivity index (χ4n) is 2.72. The Morgan fingerprint density at radius 3 is 2.31 bits per heavy atom. The van der Waals surface area contributed by atoms with Gasteiger partial charge in [-0.3, -0.25) is 9.59 Å². The lowest BCUT2D eigenvalue weighted by molar-refractivity contribution is 0.0993. The molecule has 2 amide bonds. The smallest absolute Gasteiger partial charge is 0.269 e. The van der Waals surface area contributed by atoms with Crippen LogP contribution >= 0.6 is 0 Å². The number of primary amides is 1. The summed E-state index contributed by atoms with van der Waals surface area (Å²) in [5, 5.41) is 2.55. The zero-order valence-corrected chi connectivity index (χ0v) is 16.3. The summed E-state index contributed by atoms with van der Waals surface area (Å²) in [6.07, 6.45) is 1.42. The number of aromatic nitrogens is 2. The van der Waals surface area contributed by atoms with E-state index in [1.54, 1.807) is 4.57 Å². The third-order valence-electron chi connectivity index (χ3n) is 4.19. The minimum Gasteiger partial charge on any atom is -0.364 e. The van der Waals surface area contributed by atoms with Crippen molar-refractivity contribution in [2.75, 3.05) is 12.4 Å². The van der Waals surface area contributed by atoms with E-state index in [1.807, 2.05) is 30.3 Å². The van der Waals surface area contributed by atoms with Gasteiger partial charge in [-0.15, -0.1) is 0 Å². The van der Waals surface area contributed by atoms with Crippen molar-refractivity contribution < 1.29 is 18.0 Å². The van der Waals surface area contributed by atoms with Crippen LogP contribution in [0.15, 0.2) is 65.8 Å². The number of anilines is 1. The lowest BCUT2D eigenvalue weighted by Crippen LogP contribution is -2.21. The van der Waals surface area contributed by atoms with Crippen LogP contribution in [0.2, 0.25) is 0 Å². The molecule has 0 atom stereocenters. The minimum absolute atomic E-state index is 0.0292. The van der Waals surface area contributed by atoms with E-state index in [2.05, 4.69) is 15.0 Å². The van der Waals surface area contributed by atoms with E-state index < -0.39 is 21.8 Å². The van der Waals surface area contributed by atoms with Crippen LogP contribution in [0.5, 0.6) is 0 Å². The largest absolute Gasteiger partial charge is 0.364 e. The molecule has 9 nitrogen and oxygen atoms in total. The zero-order valence-electron chi connectivity index (χ0n) is 15.5. The van der Waals surface area contributed by atoms with Crippen LogP contribution in [0.1, 0.15) is 26.4 Å². The van der Waals surface area contributed by atoms with Gasteiger partial charge in [-0.25, -0.2) is 18.1 Å². The van der Waals surface area contributed by atoms with Crippen LogP contribution in [-0.4, -0.2) is 36.8 Å². The van der Waals surface area contributed by atoms with Gasteiger partial charge in [0.1, 0.15) is 0 Å². The number of nitrogens with two attached hydrogens (primary N) is 1. The molecule has 29 heavy (non-hydrogen) atoms. The third kappa shape index (κ3) is 4.50. The van der Waals surface area contributed by atoms with E-state index in [0.717, 1.165) is 5.56 Å². The second-order valence-corrected chi connectivity index (χ2v) is 7.99. The molecule has 0 aliphatic rings. The summed E-state index contributed by atoms with van der Waals surface area (Å²) in [6.45, 7) is 0.360. The summed E-state index contributed by atoms with van der Waals surface area (Å²) < 4.78 is 27.3. The van der Waals surface area contributed by atoms with Crippen molar-refractivity contribution in [2.45, 2.75) is 11.4 Å². The number of hydrogen-bond acceptors (Lipinski definition) is 5. The molecular formula is C19H19N5O4S. The molecule has 10 heteroatoms. The van der Waals surface area contributed by atoms with Crippen molar-refractivity contribution in [2.24, 2.45) is 5.73 Å². The van der Waals surface area contributed by atoms with Gasteiger partial charge in [-0.2, -0.15) is 0 Å². The second-order valence-electron chi connectivity index (χ2n) is 6.11. The Hall–Kier alpha value is -3.50. The number of nitrogens with zero attached hydrogens (tertiary/aromatic N) is 2. The summed E-state index contributed by atoms with van der Waals surface area (Å²) in [4.78, 5) is 28.6. The Balaban J connectivity index is 1.82. The maximum atomic E-state index is 12.5. The molecule has 0 saturated carbocycles. The maximum Gasteiger partial charge on any atom is 0.269 e. The fraction of sp³-hybridized carbons (Fsp3) is 0.105. The van der Waals surface area contributed by atoms with Gasteiger partial charge in [-0.1, -0.05) is 30.3 Å². The number of rotatable bonds is 7. The van der Waals surface area contributed by atoms with Gasteiger partial charge >= 0.3 is 0 Å². The van der Waals surface area contributed by atoms with E-state index in [1.165, 1.54) is 37.6 Å². The molecule has 0 aliphatic carbocycles.